The van der Waals surface area contributed by atoms with Gasteiger partial charge in [0.1, 0.15) is 5.60 Å². The normalized spacial score (nSPS) is 19.4. The van der Waals surface area contributed by atoms with Crippen LogP contribution in [0.1, 0.15) is 75.2 Å². The van der Waals surface area contributed by atoms with Crippen molar-refractivity contribution in [1.82, 2.24) is 4.90 Å². The molecule has 0 N–H and O–H groups in total. The van der Waals surface area contributed by atoms with E-state index in [0.29, 0.717) is 36.1 Å². The molecule has 1 aliphatic rings. The maximum Gasteiger partial charge on any atom is 0.417 e. The average Bonchev–Trinajstić information content (AvgIpc) is 2.77. The van der Waals surface area contributed by atoms with Crippen molar-refractivity contribution in [2.45, 2.75) is 103 Å². The van der Waals surface area contributed by atoms with Crippen molar-refractivity contribution >= 4 is 20.3 Å². The first kappa shape index (κ1) is 22.2. The van der Waals surface area contributed by atoms with Crippen molar-refractivity contribution in [3.63, 3.8) is 0 Å². The quantitative estimate of drug-likeness (QED) is 0.609. The van der Waals surface area contributed by atoms with Gasteiger partial charge >= 0.3 is 6.09 Å². The minimum absolute atomic E-state index is 0.159. The highest BCUT2D eigenvalue weighted by Gasteiger charge is 2.47. The first-order chi connectivity index (χ1) is 11.3. The molecule has 1 heterocycles. The summed E-state index contributed by atoms with van der Waals surface area (Å²) in [5.41, 5.74) is 0.802. The molecule has 5 nitrogen and oxygen atoms in total. The summed E-state index contributed by atoms with van der Waals surface area (Å²) in [6.07, 6.45) is 0.485. The molecule has 146 valence electrons. The fourth-order valence-corrected chi connectivity index (χ4v) is 9.68. The number of ether oxygens (including phenoxy) is 1. The fourth-order valence-electron chi connectivity index (χ4n) is 4.20. The monoisotopic (exact) mass is 371 g/mol. The standard InChI is InChI=1S/C19H37NO4Si/c1-13(2)25(14(3)4,15(5)6)23-12-16-10-11-17(21)20(16)18(22)24-19(7,8)9/h13-16H,10-12H2,1-9H3/t16-/m0/s1. The fraction of sp³-hybridized carbons (Fsp3) is 0.895. The lowest BCUT2D eigenvalue weighted by Gasteiger charge is -2.43. The highest BCUT2D eigenvalue weighted by atomic mass is 28.4. The summed E-state index contributed by atoms with van der Waals surface area (Å²) >= 11 is 0. The van der Waals surface area contributed by atoms with E-state index in [1.165, 1.54) is 4.90 Å². The van der Waals surface area contributed by atoms with Gasteiger partial charge in [-0.3, -0.25) is 4.79 Å². The van der Waals surface area contributed by atoms with Crippen molar-refractivity contribution in [2.75, 3.05) is 6.61 Å². The van der Waals surface area contributed by atoms with Crippen LogP contribution in [0.2, 0.25) is 16.6 Å². The van der Waals surface area contributed by atoms with E-state index in [1.807, 2.05) is 20.8 Å². The van der Waals surface area contributed by atoms with E-state index < -0.39 is 20.0 Å². The molecule has 0 unspecified atom stereocenters. The summed E-state index contributed by atoms with van der Waals surface area (Å²) in [7, 11) is -2.02. The maximum absolute atomic E-state index is 12.4. The van der Waals surface area contributed by atoms with E-state index in [-0.39, 0.29) is 11.9 Å². The van der Waals surface area contributed by atoms with Crippen molar-refractivity contribution in [1.29, 1.82) is 0 Å². The van der Waals surface area contributed by atoms with Crippen LogP contribution in [0.5, 0.6) is 0 Å². The maximum atomic E-state index is 12.4. The SMILES string of the molecule is CC(C)[Si](OC[C@@H]1CCC(=O)N1C(=O)OC(C)(C)C)(C(C)C)C(C)C. The van der Waals surface area contributed by atoms with E-state index in [1.54, 1.807) is 0 Å². The summed E-state index contributed by atoms with van der Waals surface area (Å²) in [6, 6.07) is -0.217. The Kier molecular flexibility index (Phi) is 7.27. The summed E-state index contributed by atoms with van der Waals surface area (Å²) in [5, 5.41) is 0. The third-order valence-corrected chi connectivity index (χ3v) is 11.2. The van der Waals surface area contributed by atoms with Gasteiger partial charge in [0.05, 0.1) is 12.6 Å². The smallest absolute Gasteiger partial charge is 0.417 e. The Bertz CT molecular complexity index is 461. The minimum atomic E-state index is -2.02. The van der Waals surface area contributed by atoms with Gasteiger partial charge in [-0.15, -0.1) is 0 Å². The Balaban J connectivity index is 2.92. The number of carbonyl (C=O) groups excluding carboxylic acids is 2. The zero-order chi connectivity index (χ0) is 19.6. The molecule has 2 amide bonds. The molecule has 6 heteroatoms. The lowest BCUT2D eigenvalue weighted by atomic mass is 10.2. The highest BCUT2D eigenvalue weighted by Crippen LogP contribution is 2.42. The topological polar surface area (TPSA) is 55.8 Å². The van der Waals surface area contributed by atoms with Gasteiger partial charge in [0.2, 0.25) is 5.91 Å². The largest absolute Gasteiger partial charge is 0.443 e. The van der Waals surface area contributed by atoms with Crippen molar-refractivity contribution in [2.24, 2.45) is 0 Å². The molecule has 0 spiro atoms. The first-order valence-corrected chi connectivity index (χ1v) is 11.7. The Morgan fingerprint density at radius 2 is 1.60 bits per heavy atom. The van der Waals surface area contributed by atoms with Crippen LogP contribution in [0.3, 0.4) is 0 Å². The number of hydrogen-bond donors (Lipinski definition) is 0. The van der Waals surface area contributed by atoms with Gasteiger partial charge in [0.15, 0.2) is 8.32 Å². The van der Waals surface area contributed by atoms with E-state index in [0.717, 1.165) is 0 Å². The van der Waals surface area contributed by atoms with Crippen molar-refractivity contribution < 1.29 is 18.8 Å². The third-order valence-electron chi connectivity index (χ3n) is 5.15. The van der Waals surface area contributed by atoms with Crippen LogP contribution in [0.25, 0.3) is 0 Å². The van der Waals surface area contributed by atoms with E-state index >= 15 is 0 Å². The van der Waals surface area contributed by atoms with Gasteiger partial charge in [-0.2, -0.15) is 0 Å². The Morgan fingerprint density at radius 3 is 2.00 bits per heavy atom. The summed E-state index contributed by atoms with van der Waals surface area (Å²) in [6.45, 7) is 19.3. The van der Waals surface area contributed by atoms with Gasteiger partial charge in [0.25, 0.3) is 0 Å². The van der Waals surface area contributed by atoms with Gasteiger partial charge in [-0.25, -0.2) is 9.69 Å². The Hall–Kier alpha value is -0.883. The molecule has 0 radical (unpaired) electrons. The van der Waals surface area contributed by atoms with Crippen LogP contribution in [-0.2, 0) is 14.0 Å². The van der Waals surface area contributed by atoms with Crippen LogP contribution >= 0.6 is 0 Å². The zero-order valence-corrected chi connectivity index (χ0v) is 18.5. The molecule has 0 saturated carbocycles. The number of carbonyl (C=O) groups is 2. The molecule has 1 saturated heterocycles. The highest BCUT2D eigenvalue weighted by molar-refractivity contribution is 6.77. The van der Waals surface area contributed by atoms with E-state index in [4.69, 9.17) is 9.16 Å². The molecule has 0 bridgehead atoms. The van der Waals surface area contributed by atoms with Crippen LogP contribution in [0.4, 0.5) is 4.79 Å². The number of likely N-dealkylation sites (tertiary alicyclic amines) is 1. The number of imide groups is 1. The predicted molar refractivity (Wildman–Crippen MR) is 103 cm³/mol. The van der Waals surface area contributed by atoms with Gasteiger partial charge in [-0.1, -0.05) is 41.5 Å². The van der Waals surface area contributed by atoms with Gasteiger partial charge < -0.3 is 9.16 Å². The van der Waals surface area contributed by atoms with Gasteiger partial charge in [0, 0.05) is 6.42 Å². The minimum Gasteiger partial charge on any atom is -0.443 e. The Morgan fingerprint density at radius 1 is 1.12 bits per heavy atom. The lowest BCUT2D eigenvalue weighted by Crippen LogP contribution is -2.51. The first-order valence-electron chi connectivity index (χ1n) is 9.51. The molecule has 1 atom stereocenters. The second kappa shape index (κ2) is 8.21. The van der Waals surface area contributed by atoms with Crippen molar-refractivity contribution in [3.05, 3.63) is 0 Å². The summed E-state index contributed by atoms with van der Waals surface area (Å²) in [5.74, 6) is -0.159. The molecule has 1 fully saturated rings. The van der Waals surface area contributed by atoms with Gasteiger partial charge in [-0.05, 0) is 43.8 Å². The Labute approximate surface area is 154 Å². The number of nitrogens with zero attached hydrogens (tertiary/aromatic N) is 1. The zero-order valence-electron chi connectivity index (χ0n) is 17.5. The average molecular weight is 372 g/mol. The van der Waals surface area contributed by atoms with Crippen LogP contribution in [0.15, 0.2) is 0 Å². The molecule has 0 aliphatic carbocycles. The number of amides is 2. The van der Waals surface area contributed by atoms with E-state index in [9.17, 15) is 9.59 Å². The predicted octanol–water partition coefficient (Wildman–Crippen LogP) is 5.10. The molecule has 0 aromatic heterocycles. The number of rotatable bonds is 6. The molecule has 0 aromatic rings. The lowest BCUT2D eigenvalue weighted by molar-refractivity contribution is -0.128. The number of hydrogen-bond acceptors (Lipinski definition) is 4. The second-order valence-corrected chi connectivity index (χ2v) is 14.5. The van der Waals surface area contributed by atoms with Crippen molar-refractivity contribution in [3.8, 4) is 0 Å². The second-order valence-electron chi connectivity index (χ2n) is 9.07. The molecule has 0 aromatic carbocycles. The van der Waals surface area contributed by atoms with Crippen LogP contribution in [-0.4, -0.2) is 43.5 Å². The molecular formula is C19H37NO4Si. The molecule has 25 heavy (non-hydrogen) atoms. The third kappa shape index (κ3) is 5.06. The molecular weight excluding hydrogens is 334 g/mol. The van der Waals surface area contributed by atoms with Crippen LogP contribution in [0, 0.1) is 0 Å². The molecule has 1 aliphatic heterocycles. The van der Waals surface area contributed by atoms with Crippen LogP contribution < -0.4 is 0 Å². The summed E-state index contributed by atoms with van der Waals surface area (Å²) < 4.78 is 12.0. The summed E-state index contributed by atoms with van der Waals surface area (Å²) in [4.78, 5) is 25.9. The molecule has 1 rings (SSSR count). The van der Waals surface area contributed by atoms with E-state index in [2.05, 4.69) is 41.5 Å².